The molecule has 2 aromatic rings. The number of ether oxygens (including phenoxy) is 1. The normalized spacial score (nSPS) is 10.8. The van der Waals surface area contributed by atoms with Crippen LogP contribution in [0, 0.1) is 6.92 Å². The largest absolute Gasteiger partial charge is 0.457 e. The summed E-state index contributed by atoms with van der Waals surface area (Å²) in [5.41, 5.74) is 2.21. The standard InChI is InChI=1S/C17H20ClNO/c1-12(2)19-11-14-8-9-15(18)10-17(14)20-16-7-5-4-6-13(16)3/h4-10,12,19H,11H2,1-3H3. The van der Waals surface area contributed by atoms with Crippen LogP contribution < -0.4 is 10.1 Å². The molecule has 0 fully saturated rings. The van der Waals surface area contributed by atoms with Gasteiger partial charge in [0, 0.05) is 23.2 Å². The lowest BCUT2D eigenvalue weighted by atomic mass is 10.1. The molecule has 2 aromatic carbocycles. The molecule has 2 nitrogen and oxygen atoms in total. The van der Waals surface area contributed by atoms with Crippen molar-refractivity contribution in [1.29, 1.82) is 0 Å². The fourth-order valence-corrected chi connectivity index (χ4v) is 2.04. The third kappa shape index (κ3) is 3.99. The van der Waals surface area contributed by atoms with Crippen LogP contribution in [0.1, 0.15) is 25.0 Å². The van der Waals surface area contributed by atoms with E-state index in [0.717, 1.165) is 29.2 Å². The van der Waals surface area contributed by atoms with Crippen molar-refractivity contribution >= 4 is 11.6 Å². The van der Waals surface area contributed by atoms with E-state index in [1.165, 1.54) is 0 Å². The Morgan fingerprint density at radius 2 is 1.85 bits per heavy atom. The Bertz CT molecular complexity index is 581. The Morgan fingerprint density at radius 3 is 2.55 bits per heavy atom. The van der Waals surface area contributed by atoms with Crippen LogP contribution >= 0.6 is 11.6 Å². The van der Waals surface area contributed by atoms with Crippen molar-refractivity contribution in [2.45, 2.75) is 33.4 Å². The van der Waals surface area contributed by atoms with Crippen molar-refractivity contribution < 1.29 is 4.74 Å². The van der Waals surface area contributed by atoms with E-state index < -0.39 is 0 Å². The monoisotopic (exact) mass is 289 g/mol. The lowest BCUT2D eigenvalue weighted by Gasteiger charge is -2.15. The van der Waals surface area contributed by atoms with E-state index in [0.29, 0.717) is 11.1 Å². The highest BCUT2D eigenvalue weighted by Crippen LogP contribution is 2.30. The van der Waals surface area contributed by atoms with Crippen LogP contribution in [0.5, 0.6) is 11.5 Å². The maximum atomic E-state index is 6.09. The van der Waals surface area contributed by atoms with Crippen LogP contribution in [-0.4, -0.2) is 6.04 Å². The first-order valence-electron chi connectivity index (χ1n) is 6.81. The molecule has 0 radical (unpaired) electrons. The number of halogens is 1. The van der Waals surface area contributed by atoms with Crippen LogP contribution in [0.2, 0.25) is 5.02 Å². The average Bonchev–Trinajstić information content (AvgIpc) is 2.40. The van der Waals surface area contributed by atoms with Gasteiger partial charge in [-0.05, 0) is 30.7 Å². The summed E-state index contributed by atoms with van der Waals surface area (Å²) < 4.78 is 6.03. The van der Waals surface area contributed by atoms with Gasteiger partial charge < -0.3 is 10.1 Å². The maximum absolute atomic E-state index is 6.09. The minimum absolute atomic E-state index is 0.428. The van der Waals surface area contributed by atoms with Gasteiger partial charge in [-0.25, -0.2) is 0 Å². The first-order valence-corrected chi connectivity index (χ1v) is 7.19. The molecule has 2 rings (SSSR count). The Kier molecular flexibility index (Phi) is 5.05. The van der Waals surface area contributed by atoms with E-state index in [1.54, 1.807) is 0 Å². The van der Waals surface area contributed by atoms with Crippen molar-refractivity contribution in [2.24, 2.45) is 0 Å². The SMILES string of the molecule is Cc1ccccc1Oc1cc(Cl)ccc1CNC(C)C. The average molecular weight is 290 g/mol. The summed E-state index contributed by atoms with van der Waals surface area (Å²) in [6.45, 7) is 7.04. The topological polar surface area (TPSA) is 21.3 Å². The molecule has 0 aliphatic carbocycles. The third-order valence-corrected chi connectivity index (χ3v) is 3.28. The fraction of sp³-hybridized carbons (Fsp3) is 0.294. The smallest absolute Gasteiger partial charge is 0.133 e. The van der Waals surface area contributed by atoms with Gasteiger partial charge in [-0.15, -0.1) is 0 Å². The molecule has 106 valence electrons. The van der Waals surface area contributed by atoms with Gasteiger partial charge in [0.15, 0.2) is 0 Å². The van der Waals surface area contributed by atoms with Gasteiger partial charge in [-0.2, -0.15) is 0 Å². The summed E-state index contributed by atoms with van der Waals surface area (Å²) in [5.74, 6) is 1.67. The zero-order valence-corrected chi connectivity index (χ0v) is 12.9. The maximum Gasteiger partial charge on any atom is 0.133 e. The van der Waals surface area contributed by atoms with Gasteiger partial charge in [0.05, 0.1) is 0 Å². The molecule has 0 aromatic heterocycles. The second-order valence-electron chi connectivity index (χ2n) is 5.16. The van der Waals surface area contributed by atoms with Crippen molar-refractivity contribution in [1.82, 2.24) is 5.32 Å². The third-order valence-electron chi connectivity index (χ3n) is 3.04. The van der Waals surface area contributed by atoms with E-state index in [4.69, 9.17) is 16.3 Å². The molecule has 0 unspecified atom stereocenters. The van der Waals surface area contributed by atoms with Gasteiger partial charge >= 0.3 is 0 Å². The molecule has 3 heteroatoms. The molecule has 0 aliphatic heterocycles. The quantitative estimate of drug-likeness (QED) is 0.842. The van der Waals surface area contributed by atoms with Gasteiger partial charge in [0.2, 0.25) is 0 Å². The van der Waals surface area contributed by atoms with E-state index in [-0.39, 0.29) is 0 Å². The minimum Gasteiger partial charge on any atom is -0.457 e. The zero-order chi connectivity index (χ0) is 14.5. The number of rotatable bonds is 5. The van der Waals surface area contributed by atoms with Gasteiger partial charge in [-0.1, -0.05) is 49.7 Å². The number of hydrogen-bond acceptors (Lipinski definition) is 2. The highest BCUT2D eigenvalue weighted by atomic mass is 35.5. The lowest BCUT2D eigenvalue weighted by Crippen LogP contribution is -2.22. The molecule has 0 saturated heterocycles. The molecule has 1 N–H and O–H groups in total. The Balaban J connectivity index is 2.25. The molecule has 0 bridgehead atoms. The Morgan fingerprint density at radius 1 is 1.10 bits per heavy atom. The molecule has 0 atom stereocenters. The second-order valence-corrected chi connectivity index (χ2v) is 5.59. The van der Waals surface area contributed by atoms with Crippen LogP contribution in [0.15, 0.2) is 42.5 Å². The predicted octanol–water partition coefficient (Wildman–Crippen LogP) is 4.94. The summed E-state index contributed by atoms with van der Waals surface area (Å²) in [4.78, 5) is 0. The molecule has 0 spiro atoms. The van der Waals surface area contributed by atoms with Crippen LogP contribution in [-0.2, 0) is 6.54 Å². The number of nitrogens with one attached hydrogen (secondary N) is 1. The van der Waals surface area contributed by atoms with Gasteiger partial charge in [-0.3, -0.25) is 0 Å². The fourth-order valence-electron chi connectivity index (χ4n) is 1.87. The predicted molar refractivity (Wildman–Crippen MR) is 84.7 cm³/mol. The molecule has 0 aliphatic rings. The van der Waals surface area contributed by atoms with Gasteiger partial charge in [0.25, 0.3) is 0 Å². The van der Waals surface area contributed by atoms with Crippen LogP contribution in [0.4, 0.5) is 0 Å². The molecule has 20 heavy (non-hydrogen) atoms. The number of aryl methyl sites for hydroxylation is 1. The lowest BCUT2D eigenvalue weighted by molar-refractivity contribution is 0.466. The zero-order valence-electron chi connectivity index (χ0n) is 12.1. The summed E-state index contributed by atoms with van der Waals surface area (Å²) in [6, 6.07) is 14.2. The van der Waals surface area contributed by atoms with E-state index in [2.05, 4.69) is 19.2 Å². The first kappa shape index (κ1) is 14.9. The second kappa shape index (κ2) is 6.78. The van der Waals surface area contributed by atoms with Crippen LogP contribution in [0.3, 0.4) is 0 Å². The van der Waals surface area contributed by atoms with Crippen molar-refractivity contribution in [3.63, 3.8) is 0 Å². The van der Waals surface area contributed by atoms with E-state index in [1.807, 2.05) is 49.4 Å². The summed E-state index contributed by atoms with van der Waals surface area (Å²) >= 11 is 6.09. The molecule has 0 amide bonds. The number of para-hydroxylation sites is 1. The first-order chi connectivity index (χ1) is 9.56. The van der Waals surface area contributed by atoms with Crippen LogP contribution in [0.25, 0.3) is 0 Å². The number of hydrogen-bond donors (Lipinski definition) is 1. The van der Waals surface area contributed by atoms with E-state index >= 15 is 0 Å². The Labute approximate surface area is 125 Å². The minimum atomic E-state index is 0.428. The molecular weight excluding hydrogens is 270 g/mol. The summed E-state index contributed by atoms with van der Waals surface area (Å²) in [7, 11) is 0. The van der Waals surface area contributed by atoms with E-state index in [9.17, 15) is 0 Å². The van der Waals surface area contributed by atoms with Gasteiger partial charge in [0.1, 0.15) is 11.5 Å². The summed E-state index contributed by atoms with van der Waals surface area (Å²) in [6.07, 6.45) is 0. The van der Waals surface area contributed by atoms with Crippen molar-refractivity contribution in [3.05, 3.63) is 58.6 Å². The molecule has 0 saturated carbocycles. The van der Waals surface area contributed by atoms with Crippen molar-refractivity contribution in [3.8, 4) is 11.5 Å². The molecule has 0 heterocycles. The highest BCUT2D eigenvalue weighted by molar-refractivity contribution is 6.30. The highest BCUT2D eigenvalue weighted by Gasteiger charge is 2.08. The Hall–Kier alpha value is -1.51. The molecular formula is C17H20ClNO. The van der Waals surface area contributed by atoms with Crippen molar-refractivity contribution in [2.75, 3.05) is 0 Å². The summed E-state index contributed by atoms with van der Waals surface area (Å²) in [5, 5.41) is 4.08. The number of benzene rings is 2.